The fourth-order valence-corrected chi connectivity index (χ4v) is 4.08. The van der Waals surface area contributed by atoms with Gasteiger partial charge >= 0.3 is 5.95 Å². The van der Waals surface area contributed by atoms with Gasteiger partial charge in [0.1, 0.15) is 0 Å². The highest BCUT2D eigenvalue weighted by Gasteiger charge is 2.28. The lowest BCUT2D eigenvalue weighted by Crippen LogP contribution is -2.42. The van der Waals surface area contributed by atoms with E-state index in [1.54, 1.807) is 13.2 Å². The van der Waals surface area contributed by atoms with Crippen LogP contribution in [-0.2, 0) is 12.0 Å². The molecule has 2 heterocycles. The summed E-state index contributed by atoms with van der Waals surface area (Å²) in [5.41, 5.74) is 8.84. The number of Topliss-reactive ketones (excluding diaryl/α,β-unsaturated/α-hetero) is 1. The monoisotopic (exact) mass is 512 g/mol. The number of aromatic nitrogens is 4. The summed E-state index contributed by atoms with van der Waals surface area (Å²) in [6.07, 6.45) is 3.70. The van der Waals surface area contributed by atoms with E-state index in [0.29, 0.717) is 60.6 Å². The summed E-state index contributed by atoms with van der Waals surface area (Å²) >= 11 is 0. The summed E-state index contributed by atoms with van der Waals surface area (Å²) in [5, 5.41) is 18.1. The summed E-state index contributed by atoms with van der Waals surface area (Å²) in [6, 6.07) is 5.40. The fourth-order valence-electron chi connectivity index (χ4n) is 4.08. The van der Waals surface area contributed by atoms with Crippen molar-refractivity contribution in [1.29, 1.82) is 0 Å². The number of carbonyl (C=O) groups excluding carboxylic acids is 1. The van der Waals surface area contributed by atoms with Gasteiger partial charge in [-0.15, -0.1) is 4.68 Å². The van der Waals surface area contributed by atoms with Gasteiger partial charge in [-0.05, 0) is 56.1 Å². The van der Waals surface area contributed by atoms with Crippen LogP contribution in [0.5, 0.6) is 17.4 Å². The van der Waals surface area contributed by atoms with Gasteiger partial charge in [0, 0.05) is 29.4 Å². The molecule has 37 heavy (non-hydrogen) atoms. The third-order valence-electron chi connectivity index (χ3n) is 6.44. The van der Waals surface area contributed by atoms with Gasteiger partial charge in [-0.2, -0.15) is 0 Å². The SMILES string of the molecule is COc1c(OCCCCO)cc(C(=O)C[n+]2nc3c(C)cc(OCC4CC4)nn3c2N)cc1C(C)(C)C. The van der Waals surface area contributed by atoms with Crippen molar-refractivity contribution in [2.45, 2.75) is 65.3 Å². The van der Waals surface area contributed by atoms with Crippen LogP contribution in [0.25, 0.3) is 5.65 Å². The Hall–Kier alpha value is -3.40. The number of fused-ring (bicyclic) bond motifs is 1. The molecule has 0 saturated heterocycles. The molecular weight excluding hydrogens is 474 g/mol. The Labute approximate surface area is 217 Å². The second-order valence-electron chi connectivity index (χ2n) is 10.7. The van der Waals surface area contributed by atoms with E-state index in [9.17, 15) is 4.79 Å². The molecule has 1 aliphatic rings. The second kappa shape index (κ2) is 10.9. The van der Waals surface area contributed by atoms with E-state index in [2.05, 4.69) is 31.0 Å². The molecule has 3 aromatic rings. The number of carbonyl (C=O) groups is 1. The van der Waals surface area contributed by atoms with E-state index in [1.807, 2.05) is 19.1 Å². The van der Waals surface area contributed by atoms with Crippen LogP contribution in [0, 0.1) is 12.8 Å². The molecule has 0 aliphatic heterocycles. The molecule has 1 saturated carbocycles. The van der Waals surface area contributed by atoms with Crippen LogP contribution in [0.3, 0.4) is 0 Å². The van der Waals surface area contributed by atoms with Crippen molar-refractivity contribution in [2.75, 3.05) is 32.7 Å². The molecule has 2 aromatic heterocycles. The van der Waals surface area contributed by atoms with Crippen LogP contribution in [-0.4, -0.2) is 52.5 Å². The van der Waals surface area contributed by atoms with Crippen molar-refractivity contribution in [3.8, 4) is 17.4 Å². The van der Waals surface area contributed by atoms with Crippen molar-refractivity contribution in [3.05, 3.63) is 34.9 Å². The molecule has 4 rings (SSSR count). The smallest absolute Gasteiger partial charge is 0.401 e. The Morgan fingerprint density at radius 1 is 1.22 bits per heavy atom. The van der Waals surface area contributed by atoms with Gasteiger partial charge in [-0.1, -0.05) is 35.5 Å². The minimum atomic E-state index is -0.294. The highest BCUT2D eigenvalue weighted by molar-refractivity contribution is 5.96. The molecule has 1 fully saturated rings. The lowest BCUT2D eigenvalue weighted by molar-refractivity contribution is -0.723. The van der Waals surface area contributed by atoms with Crippen molar-refractivity contribution in [2.24, 2.45) is 5.92 Å². The predicted octanol–water partition coefficient (Wildman–Crippen LogP) is 3.04. The first kappa shape index (κ1) is 26.7. The van der Waals surface area contributed by atoms with Crippen molar-refractivity contribution in [1.82, 2.24) is 14.7 Å². The first-order chi connectivity index (χ1) is 17.6. The van der Waals surface area contributed by atoms with E-state index in [1.165, 1.54) is 22.0 Å². The number of nitrogen functional groups attached to an aromatic ring is 1. The van der Waals surface area contributed by atoms with Crippen LogP contribution in [0.2, 0.25) is 0 Å². The Morgan fingerprint density at radius 3 is 2.62 bits per heavy atom. The summed E-state index contributed by atoms with van der Waals surface area (Å²) in [5.74, 6) is 2.27. The number of nitrogens with zero attached hydrogens (tertiary/aromatic N) is 4. The number of methoxy groups -OCH3 is 1. The molecule has 10 nitrogen and oxygen atoms in total. The molecule has 10 heteroatoms. The third-order valence-corrected chi connectivity index (χ3v) is 6.44. The lowest BCUT2D eigenvalue weighted by atomic mass is 9.84. The third kappa shape index (κ3) is 6.12. The van der Waals surface area contributed by atoms with E-state index in [0.717, 1.165) is 11.1 Å². The minimum Gasteiger partial charge on any atom is -0.493 e. The van der Waals surface area contributed by atoms with E-state index < -0.39 is 0 Å². The number of ether oxygens (including phenoxy) is 3. The van der Waals surface area contributed by atoms with Crippen molar-refractivity contribution >= 4 is 17.4 Å². The van der Waals surface area contributed by atoms with Crippen LogP contribution in [0.4, 0.5) is 5.95 Å². The highest BCUT2D eigenvalue weighted by atomic mass is 16.5. The number of ketones is 1. The maximum Gasteiger partial charge on any atom is 0.401 e. The van der Waals surface area contributed by atoms with E-state index in [-0.39, 0.29) is 30.3 Å². The molecule has 200 valence electrons. The van der Waals surface area contributed by atoms with Crippen LogP contribution in [0.1, 0.15) is 67.9 Å². The van der Waals surface area contributed by atoms with Crippen molar-refractivity contribution in [3.63, 3.8) is 0 Å². The van der Waals surface area contributed by atoms with Crippen molar-refractivity contribution < 1.29 is 28.8 Å². The molecule has 0 radical (unpaired) electrons. The summed E-state index contributed by atoms with van der Waals surface area (Å²) < 4.78 is 20.5. The molecule has 0 atom stereocenters. The maximum atomic E-state index is 13.5. The van der Waals surface area contributed by atoms with Gasteiger partial charge < -0.3 is 19.3 Å². The summed E-state index contributed by atoms with van der Waals surface area (Å²) in [7, 11) is 1.60. The average Bonchev–Trinajstić information content (AvgIpc) is 3.63. The number of rotatable bonds is 12. The normalized spacial score (nSPS) is 13.7. The number of aliphatic hydroxyl groups excluding tert-OH is 1. The van der Waals surface area contributed by atoms with E-state index in [4.69, 9.17) is 25.1 Å². The summed E-state index contributed by atoms with van der Waals surface area (Å²) in [6.45, 7) is 9.17. The average molecular weight is 513 g/mol. The van der Waals surface area contributed by atoms with Crippen LogP contribution >= 0.6 is 0 Å². The van der Waals surface area contributed by atoms with Crippen LogP contribution in [0.15, 0.2) is 18.2 Å². The molecule has 3 N–H and O–H groups in total. The minimum absolute atomic E-state index is 0.0627. The summed E-state index contributed by atoms with van der Waals surface area (Å²) in [4.78, 5) is 13.5. The Balaban J connectivity index is 1.63. The zero-order valence-corrected chi connectivity index (χ0v) is 22.4. The predicted molar refractivity (Wildman–Crippen MR) is 138 cm³/mol. The number of nitrogens with two attached hydrogens (primary N) is 1. The zero-order valence-electron chi connectivity index (χ0n) is 22.4. The Kier molecular flexibility index (Phi) is 7.87. The van der Waals surface area contributed by atoms with Gasteiger partial charge in [0.2, 0.25) is 5.88 Å². The number of unbranched alkanes of at least 4 members (excludes halogenated alkanes) is 1. The number of hydrogen-bond donors (Lipinski definition) is 2. The van der Waals surface area contributed by atoms with Gasteiger partial charge in [-0.3, -0.25) is 10.5 Å². The number of aryl methyl sites for hydroxylation is 1. The van der Waals surface area contributed by atoms with Gasteiger partial charge in [0.05, 0.1) is 20.3 Å². The van der Waals surface area contributed by atoms with E-state index >= 15 is 0 Å². The number of hydrogen-bond acceptors (Lipinski definition) is 8. The lowest BCUT2D eigenvalue weighted by Gasteiger charge is -2.25. The maximum absolute atomic E-state index is 13.5. The van der Waals surface area contributed by atoms with Gasteiger partial charge in [-0.25, -0.2) is 0 Å². The van der Waals surface area contributed by atoms with Gasteiger partial charge in [0.25, 0.3) is 5.65 Å². The molecular formula is C27H38N5O5+. The fraction of sp³-hybridized carbons (Fsp3) is 0.556. The highest BCUT2D eigenvalue weighted by Crippen LogP contribution is 2.40. The first-order valence-electron chi connectivity index (χ1n) is 12.8. The largest absolute Gasteiger partial charge is 0.493 e. The second-order valence-corrected chi connectivity index (χ2v) is 10.7. The number of anilines is 1. The zero-order chi connectivity index (χ0) is 26.7. The Morgan fingerprint density at radius 2 is 1.97 bits per heavy atom. The molecule has 0 unspecified atom stereocenters. The topological polar surface area (TPSA) is 125 Å². The van der Waals surface area contributed by atoms with Crippen LogP contribution < -0.4 is 24.6 Å². The molecule has 1 aliphatic carbocycles. The Bertz CT molecular complexity index is 1280. The molecule has 1 aromatic carbocycles. The first-order valence-corrected chi connectivity index (χ1v) is 12.8. The molecule has 0 spiro atoms. The van der Waals surface area contributed by atoms with Gasteiger partial charge in [0.15, 0.2) is 23.8 Å². The number of aliphatic hydroxyl groups is 1. The number of benzene rings is 1. The molecule has 0 amide bonds. The standard InChI is InChI=1S/C27H37N5O5/c1-17-12-23(37-16-18-8-9-18)29-32-25(17)30-31(26(32)28)15-21(34)19-13-20(27(2,3)4)24(35-5)22(14-19)36-11-7-6-10-33/h12-14,18,28,33H,6-11,15-16H2,1-5H3/p+1. The molecule has 0 bridgehead atoms. The quantitative estimate of drug-likeness (QED) is 0.216.